The Balaban J connectivity index is -0.0000000428. The van der Waals surface area contributed by atoms with Gasteiger partial charge in [-0.1, -0.05) is 32.4 Å². The molecule has 4 heteroatoms. The lowest BCUT2D eigenvalue weighted by Gasteiger charge is -2.58. The van der Waals surface area contributed by atoms with Crippen molar-refractivity contribution in [3.8, 4) is 155 Å². The molecule has 56 heavy (non-hydrogen) atoms. The number of rotatable bonds is 4. The molecule has 0 heterocycles. The predicted molar refractivity (Wildman–Crippen MR) is 266 cm³/mol. The standard InChI is InChI=1S/C26H42O2.C26H2.O2.20H2/c1-17(8-13-26(28)14-15-26)21-6-7-22-20-5-4-18-16-19(27)9-11-24(18,2)23(20)10-12-25(21,22)3;1-3-5-7-9-11-13-15-17-19-21-23-25-26-24-22-20-18-16-14-12-10-8-6-4-2;1-2;;;;;;;;;;;;;;;;;;;;/h4,17,19-23,27-28H,5-16H2,1-3H3;1-2H;;20*1H/t17-,19+,20+,21-,22+,23+,24+,25-;;;;;;;;;;;;;;;;;;;;;;/m1....................../s1. The SMILES string of the molecule is C#CC#CC#CC#CC#CC#CC#CC#CC#CC#CC#CC#CC#C.C[C@H](CCC1(O)CC1)[C@H]1CC[C@H]2[C@@H]3CC=C4C[C@@H](O)CC[C@]4(C)[C@H]3CC[C@]12C.O=O.[HH].[HH].[HH].[HH].[HH].[HH].[HH].[HH].[HH].[HH].[HH].[HH].[HH].[HH].[HH].[HH].[HH].[HH].[HH].[HH]. The first-order chi connectivity index (χ1) is 27.2. The van der Waals surface area contributed by atoms with E-state index in [0.29, 0.717) is 10.8 Å². The monoisotopic (exact) mass is 773 g/mol. The maximum Gasteiger partial charge on any atom is 0.0650 e. The second-order valence-electron chi connectivity index (χ2n) is 15.2. The Morgan fingerprint density at radius 2 is 1.11 bits per heavy atom. The fourth-order valence-electron chi connectivity index (χ4n) is 9.41. The number of fused-ring (bicyclic) bond motifs is 5. The van der Waals surface area contributed by atoms with Gasteiger partial charge >= 0.3 is 0 Å². The minimum absolute atomic E-state index is 0. The zero-order chi connectivity index (χ0) is 40.7. The van der Waals surface area contributed by atoms with E-state index < -0.39 is 0 Å². The molecule has 0 saturated heterocycles. The highest BCUT2D eigenvalue weighted by Crippen LogP contribution is 2.67. The lowest BCUT2D eigenvalue weighted by atomic mass is 9.47. The Bertz CT molecular complexity index is 2270. The van der Waals surface area contributed by atoms with Crippen molar-refractivity contribution in [1.29, 1.82) is 0 Å². The highest BCUT2D eigenvalue weighted by molar-refractivity contribution is 5.48. The summed E-state index contributed by atoms with van der Waals surface area (Å²) in [6.45, 7) is 7.66. The van der Waals surface area contributed by atoms with Gasteiger partial charge in [0, 0.05) is 85.8 Å². The average Bonchev–Trinajstić information content (AvgIpc) is 3.83. The number of hydrogen-bond acceptors (Lipinski definition) is 4. The predicted octanol–water partition coefficient (Wildman–Crippen LogP) is 11.1. The second kappa shape index (κ2) is 22.7. The summed E-state index contributed by atoms with van der Waals surface area (Å²) in [4.78, 5) is 14.0. The molecule has 0 amide bonds. The fraction of sp³-hybridized carbons (Fsp3) is 0.462. The van der Waals surface area contributed by atoms with Gasteiger partial charge in [-0.15, -0.1) is 12.8 Å². The summed E-state index contributed by atoms with van der Waals surface area (Å²) in [5, 5.41) is 20.5. The van der Waals surface area contributed by atoms with E-state index >= 15 is 0 Å². The molecular weight excluding hydrogens is 689 g/mol. The van der Waals surface area contributed by atoms with Crippen molar-refractivity contribution >= 4 is 0 Å². The molecule has 5 aliphatic rings. The third kappa shape index (κ3) is 12.8. The quantitative estimate of drug-likeness (QED) is 0.220. The van der Waals surface area contributed by atoms with Crippen LogP contribution in [0.25, 0.3) is 0 Å². The Morgan fingerprint density at radius 3 is 1.54 bits per heavy atom. The van der Waals surface area contributed by atoms with Crippen LogP contribution in [-0.4, -0.2) is 21.9 Å². The normalized spacial score (nSPS) is 26.9. The van der Waals surface area contributed by atoms with Gasteiger partial charge < -0.3 is 10.2 Å². The molecule has 4 fully saturated rings. The lowest BCUT2D eigenvalue weighted by molar-refractivity contribution is -0.0579. The van der Waals surface area contributed by atoms with Crippen LogP contribution in [0.5, 0.6) is 0 Å². The summed E-state index contributed by atoms with van der Waals surface area (Å²) in [5.74, 6) is 62.4. The van der Waals surface area contributed by atoms with E-state index in [1.807, 2.05) is 0 Å². The molecule has 0 radical (unpaired) electrons. The van der Waals surface area contributed by atoms with Crippen LogP contribution in [-0.2, 0) is 0 Å². The molecule has 0 aromatic heterocycles. The molecule has 0 aromatic carbocycles. The molecule has 4 saturated carbocycles. The van der Waals surface area contributed by atoms with Gasteiger partial charge in [-0.05, 0) is 212 Å². The molecule has 0 spiro atoms. The lowest BCUT2D eigenvalue weighted by Crippen LogP contribution is -2.50. The molecule has 5 aliphatic carbocycles. The van der Waals surface area contributed by atoms with Crippen molar-refractivity contribution in [2.24, 2.45) is 40.4 Å². The third-order valence-electron chi connectivity index (χ3n) is 12.2. The topological polar surface area (TPSA) is 74.6 Å². The van der Waals surface area contributed by atoms with E-state index in [1.165, 1.54) is 44.9 Å². The molecule has 316 valence electrons. The van der Waals surface area contributed by atoms with Crippen LogP contribution in [0.3, 0.4) is 0 Å². The van der Waals surface area contributed by atoms with Crippen molar-refractivity contribution in [1.82, 2.24) is 0 Å². The number of aliphatic hydroxyl groups excluding tert-OH is 1. The van der Waals surface area contributed by atoms with Gasteiger partial charge in [0.15, 0.2) is 0 Å². The smallest absolute Gasteiger partial charge is 0.0650 e. The Labute approximate surface area is 365 Å². The average molecular weight is 773 g/mol. The summed E-state index contributed by atoms with van der Waals surface area (Å²) in [5.41, 5.74) is 2.19. The second-order valence-corrected chi connectivity index (χ2v) is 15.2. The first-order valence-electron chi connectivity index (χ1n) is 18.8. The van der Waals surface area contributed by atoms with Crippen LogP contribution < -0.4 is 0 Å². The van der Waals surface area contributed by atoms with E-state index in [2.05, 4.69) is 169 Å². The molecule has 2 N–H and O–H groups in total. The number of hydrogen-bond donors (Lipinski definition) is 2. The maximum absolute atomic E-state index is 10.3. The van der Waals surface area contributed by atoms with Crippen molar-refractivity contribution in [3.05, 3.63) is 21.6 Å². The van der Waals surface area contributed by atoms with Gasteiger partial charge in [-0.3, -0.25) is 0 Å². The minimum atomic E-state index is -0.282. The summed E-state index contributed by atoms with van der Waals surface area (Å²) >= 11 is 0. The van der Waals surface area contributed by atoms with Gasteiger partial charge in [-0.25, -0.2) is 0 Å². The highest BCUT2D eigenvalue weighted by Gasteiger charge is 2.59. The van der Waals surface area contributed by atoms with Crippen LogP contribution in [0.2, 0.25) is 0 Å². The highest BCUT2D eigenvalue weighted by atomic mass is 16.7. The van der Waals surface area contributed by atoms with Gasteiger partial charge in [0.05, 0.1) is 11.7 Å². The van der Waals surface area contributed by atoms with Crippen LogP contribution in [0, 0.1) is 205 Å². The first kappa shape index (κ1) is 43.9. The van der Waals surface area contributed by atoms with E-state index in [-0.39, 0.29) is 40.2 Å². The largest absolute Gasteiger partial charge is 0.393 e. The van der Waals surface area contributed by atoms with E-state index in [0.717, 1.165) is 61.7 Å². The third-order valence-corrected chi connectivity index (χ3v) is 12.2. The molecule has 4 nitrogen and oxygen atoms in total. The Hall–Kier alpha value is -6.46. The van der Waals surface area contributed by atoms with Crippen LogP contribution in [0.1, 0.15) is 126 Å². The van der Waals surface area contributed by atoms with Gasteiger partial charge in [0.25, 0.3) is 0 Å². The fourth-order valence-corrected chi connectivity index (χ4v) is 9.41. The molecule has 0 unspecified atom stereocenters. The molecule has 5 rings (SSSR count). The molecule has 0 bridgehead atoms. The Morgan fingerprint density at radius 1 is 0.661 bits per heavy atom. The summed E-state index contributed by atoms with van der Waals surface area (Å²) in [7, 11) is 0. The van der Waals surface area contributed by atoms with Crippen molar-refractivity contribution in [2.75, 3.05) is 0 Å². The van der Waals surface area contributed by atoms with Crippen molar-refractivity contribution < 1.29 is 38.7 Å². The van der Waals surface area contributed by atoms with Crippen molar-refractivity contribution in [2.45, 2.75) is 110 Å². The zero-order valence-corrected chi connectivity index (χ0v) is 32.4. The summed E-state index contributed by atoms with van der Waals surface area (Å²) in [6, 6.07) is 0. The van der Waals surface area contributed by atoms with Crippen LogP contribution in [0.15, 0.2) is 11.6 Å². The number of allylic oxidation sites excluding steroid dienone is 1. The molecule has 0 aliphatic heterocycles. The van der Waals surface area contributed by atoms with Crippen LogP contribution >= 0.6 is 0 Å². The maximum atomic E-state index is 10.3. The van der Waals surface area contributed by atoms with Gasteiger partial charge in [-0.2, -0.15) is 0 Å². The Kier molecular flexibility index (Phi) is 17.8. The first-order valence-corrected chi connectivity index (χ1v) is 18.8. The van der Waals surface area contributed by atoms with Crippen LogP contribution in [0.4, 0.5) is 0 Å². The summed E-state index contributed by atoms with van der Waals surface area (Å²) in [6.07, 6.45) is 26.7. The number of terminal acetylenes is 2. The molecular formula is C52H84O4. The zero-order valence-electron chi connectivity index (χ0n) is 32.4. The van der Waals surface area contributed by atoms with Crippen molar-refractivity contribution in [3.63, 3.8) is 0 Å². The van der Waals surface area contributed by atoms with Gasteiger partial charge in [0.2, 0.25) is 0 Å². The molecule has 8 atom stereocenters. The van der Waals surface area contributed by atoms with E-state index in [4.69, 9.17) is 22.8 Å². The number of aliphatic hydroxyl groups is 2. The molecule has 0 aromatic rings. The van der Waals surface area contributed by atoms with E-state index in [1.54, 1.807) is 5.57 Å². The minimum Gasteiger partial charge on any atom is -0.393 e. The van der Waals surface area contributed by atoms with E-state index in [9.17, 15) is 10.2 Å². The summed E-state index contributed by atoms with van der Waals surface area (Å²) < 4.78 is 0. The van der Waals surface area contributed by atoms with Gasteiger partial charge in [0.1, 0.15) is 0 Å².